The number of methoxy groups -OCH3 is 1. The number of pyridine rings is 1. The molecule has 22 heavy (non-hydrogen) atoms. The molecule has 0 bridgehead atoms. The number of benzene rings is 1. The standard InChI is InChI=1S/C17H20N2O3/c1-19(13-14-6-4-3-5-7-14)8-9-22-16-10-15(11-18-12-16)17(20)21-2/h3-7,10-12H,8-9,13H2,1-2H3. The molecule has 0 amide bonds. The topological polar surface area (TPSA) is 51.7 Å². The monoisotopic (exact) mass is 300 g/mol. The Morgan fingerprint density at radius 1 is 1.23 bits per heavy atom. The van der Waals surface area contributed by atoms with Crippen molar-refractivity contribution in [3.8, 4) is 5.75 Å². The molecule has 0 unspecified atom stereocenters. The fourth-order valence-electron chi connectivity index (χ4n) is 2.02. The van der Waals surface area contributed by atoms with Gasteiger partial charge in [-0.15, -0.1) is 0 Å². The van der Waals surface area contributed by atoms with Crippen LogP contribution in [-0.2, 0) is 11.3 Å². The lowest BCUT2D eigenvalue weighted by molar-refractivity contribution is 0.0599. The number of rotatable bonds is 7. The minimum Gasteiger partial charge on any atom is -0.491 e. The number of ether oxygens (including phenoxy) is 2. The third kappa shape index (κ3) is 4.86. The van der Waals surface area contributed by atoms with Gasteiger partial charge in [0.2, 0.25) is 0 Å². The number of aromatic nitrogens is 1. The molecule has 0 fully saturated rings. The lowest BCUT2D eigenvalue weighted by Crippen LogP contribution is -2.23. The lowest BCUT2D eigenvalue weighted by Gasteiger charge is -2.17. The summed E-state index contributed by atoms with van der Waals surface area (Å²) in [6.45, 7) is 2.16. The van der Waals surface area contributed by atoms with E-state index in [0.29, 0.717) is 17.9 Å². The van der Waals surface area contributed by atoms with Crippen LogP contribution in [0.2, 0.25) is 0 Å². The lowest BCUT2D eigenvalue weighted by atomic mass is 10.2. The molecular weight excluding hydrogens is 280 g/mol. The maximum absolute atomic E-state index is 11.4. The van der Waals surface area contributed by atoms with Crippen LogP contribution < -0.4 is 4.74 Å². The maximum atomic E-state index is 11.4. The molecule has 1 aromatic heterocycles. The quantitative estimate of drug-likeness (QED) is 0.735. The van der Waals surface area contributed by atoms with Crippen molar-refractivity contribution >= 4 is 5.97 Å². The number of hydrogen-bond acceptors (Lipinski definition) is 5. The van der Waals surface area contributed by atoms with Gasteiger partial charge < -0.3 is 9.47 Å². The minimum atomic E-state index is -0.417. The average Bonchev–Trinajstić information content (AvgIpc) is 2.55. The molecule has 1 heterocycles. The van der Waals surface area contributed by atoms with Crippen molar-refractivity contribution in [2.45, 2.75) is 6.54 Å². The molecule has 0 N–H and O–H groups in total. The third-order valence-corrected chi connectivity index (χ3v) is 3.17. The van der Waals surface area contributed by atoms with Crippen LogP contribution in [0.4, 0.5) is 0 Å². The van der Waals surface area contributed by atoms with Gasteiger partial charge in [-0.25, -0.2) is 4.79 Å². The van der Waals surface area contributed by atoms with Crippen LogP contribution in [-0.4, -0.2) is 43.2 Å². The van der Waals surface area contributed by atoms with Crippen LogP contribution in [0.5, 0.6) is 5.75 Å². The van der Waals surface area contributed by atoms with Crippen molar-refractivity contribution in [1.29, 1.82) is 0 Å². The summed E-state index contributed by atoms with van der Waals surface area (Å²) < 4.78 is 10.3. The largest absolute Gasteiger partial charge is 0.491 e. The van der Waals surface area contributed by atoms with Gasteiger partial charge in [0.1, 0.15) is 12.4 Å². The number of nitrogens with zero attached hydrogens (tertiary/aromatic N) is 2. The van der Waals surface area contributed by atoms with Crippen molar-refractivity contribution in [2.24, 2.45) is 0 Å². The van der Waals surface area contributed by atoms with Crippen LogP contribution in [0.15, 0.2) is 48.8 Å². The maximum Gasteiger partial charge on any atom is 0.339 e. The van der Waals surface area contributed by atoms with Gasteiger partial charge >= 0.3 is 5.97 Å². The normalized spacial score (nSPS) is 10.5. The molecule has 0 radical (unpaired) electrons. The highest BCUT2D eigenvalue weighted by Crippen LogP contribution is 2.12. The van der Waals surface area contributed by atoms with Gasteiger partial charge in [0.25, 0.3) is 0 Å². The highest BCUT2D eigenvalue weighted by molar-refractivity contribution is 5.89. The van der Waals surface area contributed by atoms with Crippen molar-refractivity contribution in [3.05, 3.63) is 59.9 Å². The third-order valence-electron chi connectivity index (χ3n) is 3.17. The minimum absolute atomic E-state index is 0.387. The van der Waals surface area contributed by atoms with E-state index in [1.54, 1.807) is 12.3 Å². The molecule has 0 aliphatic rings. The Hall–Kier alpha value is -2.40. The molecule has 5 nitrogen and oxygen atoms in total. The zero-order chi connectivity index (χ0) is 15.8. The van der Waals surface area contributed by atoms with E-state index in [1.807, 2.05) is 25.2 Å². The van der Waals surface area contributed by atoms with E-state index in [9.17, 15) is 4.79 Å². The van der Waals surface area contributed by atoms with Crippen LogP contribution in [0.25, 0.3) is 0 Å². The van der Waals surface area contributed by atoms with E-state index in [2.05, 4.69) is 26.8 Å². The average molecular weight is 300 g/mol. The van der Waals surface area contributed by atoms with Crippen LogP contribution >= 0.6 is 0 Å². The molecule has 0 saturated carbocycles. The number of esters is 1. The molecule has 116 valence electrons. The molecule has 0 saturated heterocycles. The van der Waals surface area contributed by atoms with Crippen molar-refractivity contribution in [2.75, 3.05) is 27.3 Å². The molecule has 5 heteroatoms. The predicted octanol–water partition coefficient (Wildman–Crippen LogP) is 2.38. The first-order chi connectivity index (χ1) is 10.7. The van der Waals surface area contributed by atoms with E-state index < -0.39 is 5.97 Å². The Morgan fingerprint density at radius 3 is 2.73 bits per heavy atom. The zero-order valence-electron chi connectivity index (χ0n) is 12.9. The fourth-order valence-corrected chi connectivity index (χ4v) is 2.02. The summed E-state index contributed by atoms with van der Waals surface area (Å²) >= 11 is 0. The first-order valence-corrected chi connectivity index (χ1v) is 7.07. The zero-order valence-corrected chi connectivity index (χ0v) is 12.9. The Bertz CT molecular complexity index is 602. The fraction of sp³-hybridized carbons (Fsp3) is 0.294. The van der Waals surface area contributed by atoms with Crippen molar-refractivity contribution in [3.63, 3.8) is 0 Å². The smallest absolute Gasteiger partial charge is 0.339 e. The summed E-state index contributed by atoms with van der Waals surface area (Å²) in [5.74, 6) is 0.148. The van der Waals surface area contributed by atoms with Gasteiger partial charge in [0.15, 0.2) is 0 Å². The molecule has 0 aliphatic carbocycles. The molecule has 0 aliphatic heterocycles. The summed E-state index contributed by atoms with van der Waals surface area (Å²) in [6.07, 6.45) is 3.05. The Morgan fingerprint density at radius 2 is 2.00 bits per heavy atom. The van der Waals surface area contributed by atoms with Crippen LogP contribution in [0.1, 0.15) is 15.9 Å². The van der Waals surface area contributed by atoms with E-state index in [4.69, 9.17) is 4.74 Å². The first kappa shape index (κ1) is 16.0. The first-order valence-electron chi connectivity index (χ1n) is 7.07. The second-order valence-corrected chi connectivity index (χ2v) is 4.97. The number of carbonyl (C=O) groups excluding carboxylic acids is 1. The summed E-state index contributed by atoms with van der Waals surface area (Å²) in [5, 5.41) is 0. The Balaban J connectivity index is 1.80. The molecule has 0 atom stereocenters. The molecule has 2 rings (SSSR count). The summed E-state index contributed by atoms with van der Waals surface area (Å²) in [7, 11) is 3.38. The molecule has 0 spiro atoms. The molecule has 1 aromatic carbocycles. The van der Waals surface area contributed by atoms with Crippen molar-refractivity contribution < 1.29 is 14.3 Å². The highest BCUT2D eigenvalue weighted by atomic mass is 16.5. The highest BCUT2D eigenvalue weighted by Gasteiger charge is 2.07. The number of carbonyl (C=O) groups is 1. The van der Waals surface area contributed by atoms with E-state index in [1.165, 1.54) is 18.9 Å². The Labute approximate surface area is 130 Å². The molecule has 2 aromatic rings. The van der Waals surface area contributed by atoms with E-state index in [-0.39, 0.29) is 0 Å². The van der Waals surface area contributed by atoms with Gasteiger partial charge in [-0.3, -0.25) is 9.88 Å². The summed E-state index contributed by atoms with van der Waals surface area (Å²) in [6, 6.07) is 11.9. The van der Waals surface area contributed by atoms with E-state index >= 15 is 0 Å². The van der Waals surface area contributed by atoms with Gasteiger partial charge in [-0.1, -0.05) is 30.3 Å². The Kier molecular flexibility index (Phi) is 5.91. The van der Waals surface area contributed by atoms with Gasteiger partial charge in [0, 0.05) is 19.3 Å². The van der Waals surface area contributed by atoms with Crippen LogP contribution in [0.3, 0.4) is 0 Å². The van der Waals surface area contributed by atoms with Crippen LogP contribution in [0, 0.1) is 0 Å². The van der Waals surface area contributed by atoms with Gasteiger partial charge in [-0.2, -0.15) is 0 Å². The molecular formula is C17H20N2O3. The SMILES string of the molecule is COC(=O)c1cncc(OCCN(C)Cc2ccccc2)c1. The van der Waals surface area contributed by atoms with E-state index in [0.717, 1.165) is 13.1 Å². The van der Waals surface area contributed by atoms with Gasteiger partial charge in [-0.05, 0) is 18.7 Å². The second kappa shape index (κ2) is 8.14. The van der Waals surface area contributed by atoms with Gasteiger partial charge in [0.05, 0.1) is 18.9 Å². The van der Waals surface area contributed by atoms with Crippen molar-refractivity contribution in [1.82, 2.24) is 9.88 Å². The number of likely N-dealkylation sites (N-methyl/N-ethyl adjacent to an activating group) is 1. The predicted molar refractivity (Wildman–Crippen MR) is 83.8 cm³/mol. The number of hydrogen-bond donors (Lipinski definition) is 0. The summed E-state index contributed by atoms with van der Waals surface area (Å²) in [4.78, 5) is 17.6. The second-order valence-electron chi connectivity index (χ2n) is 4.97. The summed E-state index contributed by atoms with van der Waals surface area (Å²) in [5.41, 5.74) is 1.65.